The highest BCUT2D eigenvalue weighted by atomic mass is 32.1. The highest BCUT2D eigenvalue weighted by Crippen LogP contribution is 2.29. The minimum Gasteiger partial charge on any atom is -0.335 e. The smallest absolute Gasteiger partial charge is 0.335 e. The second-order valence-corrected chi connectivity index (χ2v) is 6.66. The molecule has 0 radical (unpaired) electrons. The standard InChI is InChI=1S/C16H15F3N4OS/c1-10(15-20-11-5-3-4-6-12(11)25-15)22(2)14(24)9-23-8-7-13(21-23)16(17,18)19/h3-8,10H,9H2,1-2H3/t10-/m1/s1. The van der Waals surface area contributed by atoms with E-state index in [1.807, 2.05) is 31.2 Å². The molecule has 5 nitrogen and oxygen atoms in total. The summed E-state index contributed by atoms with van der Waals surface area (Å²) in [5.74, 6) is -0.344. The number of aromatic nitrogens is 3. The first-order chi connectivity index (χ1) is 11.8. The van der Waals surface area contributed by atoms with E-state index in [9.17, 15) is 18.0 Å². The lowest BCUT2D eigenvalue weighted by Gasteiger charge is -2.23. The zero-order chi connectivity index (χ0) is 18.2. The fraction of sp³-hybridized carbons (Fsp3) is 0.312. The van der Waals surface area contributed by atoms with E-state index in [0.717, 1.165) is 32.2 Å². The number of benzene rings is 1. The van der Waals surface area contributed by atoms with Crippen molar-refractivity contribution in [1.82, 2.24) is 19.7 Å². The van der Waals surface area contributed by atoms with Crippen molar-refractivity contribution in [2.24, 2.45) is 0 Å². The van der Waals surface area contributed by atoms with Crippen LogP contribution in [-0.2, 0) is 17.5 Å². The van der Waals surface area contributed by atoms with E-state index >= 15 is 0 Å². The summed E-state index contributed by atoms with van der Waals surface area (Å²) in [4.78, 5) is 18.3. The second kappa shape index (κ2) is 6.47. The summed E-state index contributed by atoms with van der Waals surface area (Å²) in [5.41, 5.74) is -0.153. The summed E-state index contributed by atoms with van der Waals surface area (Å²) in [6, 6.07) is 8.22. The van der Waals surface area contributed by atoms with Gasteiger partial charge < -0.3 is 4.90 Å². The number of alkyl halides is 3. The van der Waals surface area contributed by atoms with Crippen LogP contribution in [0.1, 0.15) is 23.7 Å². The van der Waals surface area contributed by atoms with Gasteiger partial charge >= 0.3 is 6.18 Å². The number of halogens is 3. The molecule has 0 spiro atoms. The van der Waals surface area contributed by atoms with E-state index in [1.165, 1.54) is 16.2 Å². The Morgan fingerprint density at radius 2 is 2.04 bits per heavy atom. The van der Waals surface area contributed by atoms with Gasteiger partial charge in [-0.25, -0.2) is 4.98 Å². The van der Waals surface area contributed by atoms with Crippen molar-refractivity contribution in [1.29, 1.82) is 0 Å². The summed E-state index contributed by atoms with van der Waals surface area (Å²) < 4.78 is 39.7. The van der Waals surface area contributed by atoms with Crippen LogP contribution in [0, 0.1) is 0 Å². The fourth-order valence-corrected chi connectivity index (χ4v) is 3.36. The average molecular weight is 368 g/mol. The molecule has 2 aromatic heterocycles. The van der Waals surface area contributed by atoms with E-state index in [1.54, 1.807) is 7.05 Å². The molecule has 2 heterocycles. The number of para-hydroxylation sites is 1. The first-order valence-electron chi connectivity index (χ1n) is 7.47. The van der Waals surface area contributed by atoms with Gasteiger partial charge in [-0.1, -0.05) is 12.1 Å². The number of likely N-dealkylation sites (N-methyl/N-ethyl adjacent to an activating group) is 1. The van der Waals surface area contributed by atoms with E-state index in [4.69, 9.17) is 0 Å². The normalized spacial score (nSPS) is 13.2. The topological polar surface area (TPSA) is 51.0 Å². The molecule has 0 unspecified atom stereocenters. The van der Waals surface area contributed by atoms with Gasteiger partial charge in [0.1, 0.15) is 11.6 Å². The Kier molecular flexibility index (Phi) is 4.51. The van der Waals surface area contributed by atoms with Gasteiger partial charge in [-0.3, -0.25) is 9.48 Å². The van der Waals surface area contributed by atoms with Crippen molar-refractivity contribution >= 4 is 27.5 Å². The minimum atomic E-state index is -4.52. The Hall–Kier alpha value is -2.42. The van der Waals surface area contributed by atoms with Crippen LogP contribution in [0.2, 0.25) is 0 Å². The van der Waals surface area contributed by atoms with Gasteiger partial charge in [0.15, 0.2) is 5.69 Å². The molecule has 3 aromatic rings. The summed E-state index contributed by atoms with van der Waals surface area (Å²) in [7, 11) is 1.60. The predicted octanol–water partition coefficient (Wildman–Crippen LogP) is 3.73. The molecule has 132 valence electrons. The van der Waals surface area contributed by atoms with E-state index < -0.39 is 11.9 Å². The first-order valence-corrected chi connectivity index (χ1v) is 8.29. The number of hydrogen-bond donors (Lipinski definition) is 0. The van der Waals surface area contributed by atoms with Gasteiger partial charge in [0, 0.05) is 13.2 Å². The monoisotopic (exact) mass is 368 g/mol. The Morgan fingerprint density at radius 1 is 1.32 bits per heavy atom. The summed E-state index contributed by atoms with van der Waals surface area (Å²) in [6.07, 6.45) is -3.37. The van der Waals surface area contributed by atoms with Crippen molar-refractivity contribution in [3.8, 4) is 0 Å². The molecular weight excluding hydrogens is 353 g/mol. The molecule has 1 amide bonds. The summed E-state index contributed by atoms with van der Waals surface area (Å²) in [6.45, 7) is 1.57. The third kappa shape index (κ3) is 3.65. The van der Waals surface area contributed by atoms with Crippen LogP contribution in [0.25, 0.3) is 10.2 Å². The van der Waals surface area contributed by atoms with Crippen molar-refractivity contribution in [2.45, 2.75) is 25.7 Å². The van der Waals surface area contributed by atoms with Gasteiger partial charge in [0.2, 0.25) is 5.91 Å². The SMILES string of the molecule is C[C@H](c1nc2ccccc2s1)N(C)C(=O)Cn1ccc(C(F)(F)F)n1. The fourth-order valence-electron chi connectivity index (χ4n) is 2.30. The molecule has 0 saturated carbocycles. The molecule has 1 atom stereocenters. The van der Waals surface area contributed by atoms with Gasteiger partial charge in [-0.15, -0.1) is 11.3 Å². The average Bonchev–Trinajstić information content (AvgIpc) is 3.19. The number of carbonyl (C=O) groups is 1. The molecule has 1 aromatic carbocycles. The van der Waals surface area contributed by atoms with Crippen LogP contribution < -0.4 is 0 Å². The number of fused-ring (bicyclic) bond motifs is 1. The van der Waals surface area contributed by atoms with Crippen LogP contribution >= 0.6 is 11.3 Å². The summed E-state index contributed by atoms with van der Waals surface area (Å²) in [5, 5.41) is 4.17. The van der Waals surface area contributed by atoms with E-state index in [0.29, 0.717) is 0 Å². The third-order valence-corrected chi connectivity index (χ3v) is 5.08. The zero-order valence-electron chi connectivity index (χ0n) is 13.5. The largest absolute Gasteiger partial charge is 0.435 e. The van der Waals surface area contributed by atoms with Crippen molar-refractivity contribution in [3.05, 3.63) is 47.2 Å². The van der Waals surface area contributed by atoms with Crippen molar-refractivity contribution < 1.29 is 18.0 Å². The number of nitrogens with zero attached hydrogens (tertiary/aromatic N) is 4. The Labute approximate surface area is 145 Å². The van der Waals surface area contributed by atoms with Gasteiger partial charge in [-0.05, 0) is 25.1 Å². The first kappa shape index (κ1) is 17.4. The lowest BCUT2D eigenvalue weighted by atomic mass is 10.3. The van der Waals surface area contributed by atoms with Crippen LogP contribution in [0.15, 0.2) is 36.5 Å². The van der Waals surface area contributed by atoms with Gasteiger partial charge in [0.05, 0.1) is 16.3 Å². The summed E-state index contributed by atoms with van der Waals surface area (Å²) >= 11 is 1.49. The molecule has 0 N–H and O–H groups in total. The van der Waals surface area contributed by atoms with E-state index in [-0.39, 0.29) is 18.5 Å². The number of rotatable bonds is 4. The molecule has 0 bridgehead atoms. The maximum atomic E-state index is 12.6. The molecule has 0 aliphatic carbocycles. The highest BCUT2D eigenvalue weighted by Gasteiger charge is 2.33. The lowest BCUT2D eigenvalue weighted by molar-refractivity contribution is -0.142. The number of carbonyl (C=O) groups excluding carboxylic acids is 1. The molecule has 0 aliphatic rings. The lowest BCUT2D eigenvalue weighted by Crippen LogP contribution is -2.32. The van der Waals surface area contributed by atoms with Gasteiger partial charge in [-0.2, -0.15) is 18.3 Å². The van der Waals surface area contributed by atoms with Crippen LogP contribution in [0.5, 0.6) is 0 Å². The van der Waals surface area contributed by atoms with Crippen molar-refractivity contribution in [3.63, 3.8) is 0 Å². The van der Waals surface area contributed by atoms with Crippen LogP contribution in [0.4, 0.5) is 13.2 Å². The minimum absolute atomic E-state index is 0.262. The molecule has 9 heteroatoms. The quantitative estimate of drug-likeness (QED) is 0.705. The molecule has 25 heavy (non-hydrogen) atoms. The number of thiazole rings is 1. The molecule has 0 aliphatic heterocycles. The number of amides is 1. The molecular formula is C16H15F3N4OS. The van der Waals surface area contributed by atoms with Crippen molar-refractivity contribution in [2.75, 3.05) is 7.05 Å². The van der Waals surface area contributed by atoms with E-state index in [2.05, 4.69) is 10.1 Å². The highest BCUT2D eigenvalue weighted by molar-refractivity contribution is 7.18. The predicted molar refractivity (Wildman–Crippen MR) is 88.0 cm³/mol. The van der Waals surface area contributed by atoms with Crippen LogP contribution in [-0.4, -0.2) is 32.6 Å². The molecule has 0 fully saturated rings. The Bertz CT molecular complexity index is 869. The number of hydrogen-bond acceptors (Lipinski definition) is 4. The maximum Gasteiger partial charge on any atom is 0.435 e. The van der Waals surface area contributed by atoms with Gasteiger partial charge in [0.25, 0.3) is 0 Å². The second-order valence-electron chi connectivity index (χ2n) is 5.60. The zero-order valence-corrected chi connectivity index (χ0v) is 14.3. The molecule has 0 saturated heterocycles. The Balaban J connectivity index is 1.72. The Morgan fingerprint density at radius 3 is 2.68 bits per heavy atom. The van der Waals surface area contributed by atoms with Crippen LogP contribution in [0.3, 0.4) is 0 Å². The molecule has 3 rings (SSSR count). The maximum absolute atomic E-state index is 12.6. The third-order valence-electron chi connectivity index (χ3n) is 3.87.